The van der Waals surface area contributed by atoms with Crippen LogP contribution in [-0.2, 0) is 14.2 Å². The van der Waals surface area contributed by atoms with Crippen molar-refractivity contribution in [2.75, 3.05) is 13.2 Å². The summed E-state index contributed by atoms with van der Waals surface area (Å²) in [5.41, 5.74) is 0. The highest BCUT2D eigenvalue weighted by molar-refractivity contribution is 4.90. The van der Waals surface area contributed by atoms with E-state index in [9.17, 15) is 0 Å². The molecule has 2 atom stereocenters. The first-order chi connectivity index (χ1) is 6.83. The van der Waals surface area contributed by atoms with Gasteiger partial charge in [0.2, 0.25) is 0 Å². The summed E-state index contributed by atoms with van der Waals surface area (Å²) in [6.45, 7) is 1.71. The lowest BCUT2D eigenvalue weighted by Crippen LogP contribution is -2.39. The minimum Gasteiger partial charge on any atom is -0.350 e. The largest absolute Gasteiger partial charge is 0.350 e. The van der Waals surface area contributed by atoms with Crippen molar-refractivity contribution in [2.24, 2.45) is 0 Å². The first kappa shape index (κ1) is 9.13. The molecule has 2 spiro atoms. The van der Waals surface area contributed by atoms with Crippen LogP contribution in [0.15, 0.2) is 0 Å². The summed E-state index contributed by atoms with van der Waals surface area (Å²) in [5.74, 6) is -0.542. The highest BCUT2D eigenvalue weighted by Gasteiger charge is 2.52. The minimum absolute atomic E-state index is 0.267. The predicted molar refractivity (Wildman–Crippen MR) is 50.8 cm³/mol. The summed E-state index contributed by atoms with van der Waals surface area (Å²) in [6, 6.07) is 0. The van der Waals surface area contributed by atoms with Crippen molar-refractivity contribution in [3.63, 3.8) is 0 Å². The Bertz CT molecular complexity index is 215. The summed E-state index contributed by atoms with van der Waals surface area (Å²) >= 11 is 0. The van der Waals surface area contributed by atoms with Crippen LogP contribution in [0.5, 0.6) is 0 Å². The molecular formula is C11H18O3. The molecule has 3 saturated heterocycles. The predicted octanol–water partition coefficient (Wildman–Crippen LogP) is 2.20. The zero-order valence-electron chi connectivity index (χ0n) is 8.59. The zero-order valence-corrected chi connectivity index (χ0v) is 8.59. The van der Waals surface area contributed by atoms with Crippen molar-refractivity contribution in [1.29, 1.82) is 0 Å². The number of ether oxygens (including phenoxy) is 3. The summed E-state index contributed by atoms with van der Waals surface area (Å²) < 4.78 is 17.6. The topological polar surface area (TPSA) is 27.7 Å². The first-order valence-corrected chi connectivity index (χ1v) is 5.81. The molecule has 3 fully saturated rings. The second kappa shape index (κ2) is 3.19. The van der Waals surface area contributed by atoms with Crippen LogP contribution in [0.1, 0.15) is 44.9 Å². The van der Waals surface area contributed by atoms with Crippen molar-refractivity contribution < 1.29 is 14.2 Å². The van der Waals surface area contributed by atoms with E-state index in [1.54, 1.807) is 0 Å². The zero-order chi connectivity index (χ0) is 9.49. The number of hydrogen-bond acceptors (Lipinski definition) is 3. The molecule has 0 aromatic rings. The Kier molecular flexibility index (Phi) is 2.08. The average molecular weight is 198 g/mol. The van der Waals surface area contributed by atoms with Crippen LogP contribution in [0, 0.1) is 0 Å². The highest BCUT2D eigenvalue weighted by atomic mass is 16.8. The van der Waals surface area contributed by atoms with E-state index < -0.39 is 0 Å². The van der Waals surface area contributed by atoms with Gasteiger partial charge in [-0.3, -0.25) is 0 Å². The van der Waals surface area contributed by atoms with Crippen molar-refractivity contribution in [2.45, 2.75) is 56.5 Å². The lowest BCUT2D eigenvalue weighted by atomic mass is 10.0. The molecule has 3 rings (SSSR count). The van der Waals surface area contributed by atoms with Crippen molar-refractivity contribution in [1.82, 2.24) is 0 Å². The van der Waals surface area contributed by atoms with Gasteiger partial charge in [0.25, 0.3) is 0 Å². The molecule has 0 saturated carbocycles. The maximum Gasteiger partial charge on any atom is 0.172 e. The Morgan fingerprint density at radius 3 is 1.79 bits per heavy atom. The molecule has 0 aromatic carbocycles. The third kappa shape index (κ3) is 1.38. The fourth-order valence-electron chi connectivity index (χ4n) is 2.88. The molecule has 0 amide bonds. The molecule has 3 heterocycles. The molecule has 3 heteroatoms. The van der Waals surface area contributed by atoms with Crippen LogP contribution in [0.2, 0.25) is 0 Å². The standard InChI is InChI=1S/C11H18O3/c1-2-8-12-10(4-1)6-7-11(14-10)5-3-9-13-11/h1-9H2/t10-,11-/m1/s1. The number of hydrogen-bond donors (Lipinski definition) is 0. The average Bonchev–Trinajstić information content (AvgIpc) is 2.78. The van der Waals surface area contributed by atoms with E-state index in [-0.39, 0.29) is 11.6 Å². The van der Waals surface area contributed by atoms with Gasteiger partial charge in [-0.25, -0.2) is 0 Å². The van der Waals surface area contributed by atoms with Gasteiger partial charge in [-0.05, 0) is 19.3 Å². The third-order valence-corrected chi connectivity index (χ3v) is 3.64. The fourth-order valence-corrected chi connectivity index (χ4v) is 2.88. The van der Waals surface area contributed by atoms with Crippen LogP contribution in [-0.4, -0.2) is 24.8 Å². The molecule has 3 aliphatic heterocycles. The van der Waals surface area contributed by atoms with Crippen LogP contribution in [0.4, 0.5) is 0 Å². The maximum absolute atomic E-state index is 6.09. The monoisotopic (exact) mass is 198 g/mol. The Balaban J connectivity index is 1.73. The lowest BCUT2D eigenvalue weighted by Gasteiger charge is -2.35. The molecule has 3 nitrogen and oxygen atoms in total. The number of rotatable bonds is 0. The molecular weight excluding hydrogens is 180 g/mol. The molecule has 0 N–H and O–H groups in total. The van der Waals surface area contributed by atoms with E-state index in [0.717, 1.165) is 45.3 Å². The Labute approximate surface area is 84.7 Å². The Hall–Kier alpha value is -0.120. The van der Waals surface area contributed by atoms with E-state index in [1.807, 2.05) is 0 Å². The second-order valence-corrected chi connectivity index (χ2v) is 4.68. The van der Waals surface area contributed by atoms with Gasteiger partial charge in [-0.2, -0.15) is 0 Å². The van der Waals surface area contributed by atoms with Crippen molar-refractivity contribution in [3.05, 3.63) is 0 Å². The summed E-state index contributed by atoms with van der Waals surface area (Å²) in [7, 11) is 0. The normalized spacial score (nSPS) is 48.0. The summed E-state index contributed by atoms with van der Waals surface area (Å²) in [6.07, 6.45) is 7.70. The fraction of sp³-hybridized carbons (Fsp3) is 1.00. The van der Waals surface area contributed by atoms with Crippen LogP contribution < -0.4 is 0 Å². The van der Waals surface area contributed by atoms with Gasteiger partial charge >= 0.3 is 0 Å². The summed E-state index contributed by atoms with van der Waals surface area (Å²) in [4.78, 5) is 0. The van der Waals surface area contributed by atoms with Gasteiger partial charge in [0.05, 0.1) is 13.2 Å². The summed E-state index contributed by atoms with van der Waals surface area (Å²) in [5, 5.41) is 0. The third-order valence-electron chi connectivity index (χ3n) is 3.64. The Morgan fingerprint density at radius 1 is 0.643 bits per heavy atom. The second-order valence-electron chi connectivity index (χ2n) is 4.68. The quantitative estimate of drug-likeness (QED) is 0.597. The minimum atomic E-state index is -0.275. The van der Waals surface area contributed by atoms with Gasteiger partial charge < -0.3 is 14.2 Å². The van der Waals surface area contributed by atoms with Gasteiger partial charge in [0, 0.05) is 25.7 Å². The Morgan fingerprint density at radius 2 is 1.29 bits per heavy atom. The molecule has 0 aliphatic carbocycles. The van der Waals surface area contributed by atoms with Gasteiger partial charge in [0.15, 0.2) is 11.6 Å². The van der Waals surface area contributed by atoms with E-state index in [0.29, 0.717) is 0 Å². The smallest absolute Gasteiger partial charge is 0.172 e. The van der Waals surface area contributed by atoms with Crippen LogP contribution in [0.3, 0.4) is 0 Å². The van der Waals surface area contributed by atoms with Crippen LogP contribution >= 0.6 is 0 Å². The SMILES string of the molecule is C1CC[C@@]2(CC[C@@]3(CCCO3)O2)OC1. The van der Waals surface area contributed by atoms with Gasteiger partial charge in [-0.1, -0.05) is 0 Å². The molecule has 0 unspecified atom stereocenters. The molecule has 14 heavy (non-hydrogen) atoms. The maximum atomic E-state index is 6.09. The van der Waals surface area contributed by atoms with E-state index >= 15 is 0 Å². The van der Waals surface area contributed by atoms with Gasteiger partial charge in [0.1, 0.15) is 0 Å². The highest BCUT2D eigenvalue weighted by Crippen LogP contribution is 2.48. The first-order valence-electron chi connectivity index (χ1n) is 5.81. The molecule has 0 radical (unpaired) electrons. The lowest BCUT2D eigenvalue weighted by molar-refractivity contribution is -0.317. The van der Waals surface area contributed by atoms with Gasteiger partial charge in [-0.15, -0.1) is 0 Å². The molecule has 0 bridgehead atoms. The van der Waals surface area contributed by atoms with E-state index in [2.05, 4.69) is 0 Å². The van der Waals surface area contributed by atoms with Crippen molar-refractivity contribution >= 4 is 0 Å². The van der Waals surface area contributed by atoms with Crippen LogP contribution in [0.25, 0.3) is 0 Å². The van der Waals surface area contributed by atoms with E-state index in [4.69, 9.17) is 14.2 Å². The molecule has 80 valence electrons. The van der Waals surface area contributed by atoms with E-state index in [1.165, 1.54) is 12.8 Å². The molecule has 0 aromatic heterocycles. The molecule has 3 aliphatic rings. The van der Waals surface area contributed by atoms with Crippen molar-refractivity contribution in [3.8, 4) is 0 Å².